The molecule has 17 heavy (non-hydrogen) atoms. The molecule has 1 aliphatic rings. The molecule has 0 spiro atoms. The Bertz CT molecular complexity index is 398. The van der Waals surface area contributed by atoms with Crippen LogP contribution in [0.4, 0.5) is 5.82 Å². The Balaban J connectivity index is 2.10. The molecule has 0 aromatic carbocycles. The number of nitrogens with two attached hydrogens (primary N) is 1. The quantitative estimate of drug-likeness (QED) is 0.697. The summed E-state index contributed by atoms with van der Waals surface area (Å²) in [6, 6.07) is 3.18. The van der Waals surface area contributed by atoms with E-state index in [9.17, 15) is 9.90 Å². The molecule has 2 rings (SSSR count). The predicted molar refractivity (Wildman–Crippen MR) is 62.5 cm³/mol. The van der Waals surface area contributed by atoms with Crippen LogP contribution in [0, 0.1) is 0 Å². The van der Waals surface area contributed by atoms with Crippen LogP contribution in [0.15, 0.2) is 12.1 Å². The fourth-order valence-electron chi connectivity index (χ4n) is 2.18. The second-order valence-electron chi connectivity index (χ2n) is 4.44. The van der Waals surface area contributed by atoms with Crippen LogP contribution >= 0.6 is 0 Å². The van der Waals surface area contributed by atoms with Gasteiger partial charge in [-0.2, -0.15) is 0 Å². The first-order valence-corrected chi connectivity index (χ1v) is 5.68. The molecule has 1 fully saturated rings. The van der Waals surface area contributed by atoms with Gasteiger partial charge in [0.25, 0.3) is 5.91 Å². The first kappa shape index (κ1) is 11.8. The maximum Gasteiger partial charge on any atom is 0.269 e. The van der Waals surface area contributed by atoms with Crippen molar-refractivity contribution in [3.8, 4) is 0 Å². The lowest BCUT2D eigenvalue weighted by atomic mass is 9.99. The van der Waals surface area contributed by atoms with Gasteiger partial charge in [0.15, 0.2) is 5.69 Å². The van der Waals surface area contributed by atoms with E-state index in [1.807, 2.05) is 0 Å². The summed E-state index contributed by atoms with van der Waals surface area (Å²) in [5, 5.41) is 20.2. The number of nitrogens with one attached hydrogen (secondary N) is 1. The Morgan fingerprint density at radius 3 is 2.59 bits per heavy atom. The Morgan fingerprint density at radius 1 is 1.41 bits per heavy atom. The zero-order chi connectivity index (χ0) is 12.3. The average Bonchev–Trinajstić information content (AvgIpc) is 2.79. The van der Waals surface area contributed by atoms with Crippen LogP contribution in [0.25, 0.3) is 0 Å². The van der Waals surface area contributed by atoms with Crippen LogP contribution in [0.5, 0.6) is 0 Å². The summed E-state index contributed by atoms with van der Waals surface area (Å²) in [6.45, 7) is 0.0756. The average molecular weight is 236 g/mol. The second-order valence-corrected chi connectivity index (χ2v) is 4.44. The van der Waals surface area contributed by atoms with Crippen molar-refractivity contribution in [3.63, 3.8) is 0 Å². The van der Waals surface area contributed by atoms with Crippen LogP contribution in [-0.2, 0) is 0 Å². The van der Waals surface area contributed by atoms with E-state index < -0.39 is 5.91 Å². The van der Waals surface area contributed by atoms with Gasteiger partial charge in [-0.05, 0) is 25.0 Å². The van der Waals surface area contributed by atoms with Gasteiger partial charge in [-0.3, -0.25) is 4.79 Å². The van der Waals surface area contributed by atoms with E-state index in [0.29, 0.717) is 5.82 Å². The standard InChI is InChI=1S/C11H16N4O2/c12-10(17)8-3-4-9(15-14-8)13-11(7-16)5-1-2-6-11/h3-4,16H,1-2,5-7H2,(H2,12,17)(H,13,15). The summed E-state index contributed by atoms with van der Waals surface area (Å²) in [5.74, 6) is -0.0345. The third-order valence-electron chi connectivity index (χ3n) is 3.17. The Hall–Kier alpha value is -1.69. The summed E-state index contributed by atoms with van der Waals surface area (Å²) in [6.07, 6.45) is 4.03. The van der Waals surface area contributed by atoms with Crippen LogP contribution < -0.4 is 11.1 Å². The molecule has 0 radical (unpaired) electrons. The highest BCUT2D eigenvalue weighted by Gasteiger charge is 2.33. The first-order chi connectivity index (χ1) is 8.15. The molecule has 0 aliphatic heterocycles. The van der Waals surface area contributed by atoms with Crippen molar-refractivity contribution in [2.24, 2.45) is 5.73 Å². The van der Waals surface area contributed by atoms with E-state index >= 15 is 0 Å². The topological polar surface area (TPSA) is 101 Å². The molecule has 1 saturated carbocycles. The van der Waals surface area contributed by atoms with E-state index in [4.69, 9.17) is 5.73 Å². The number of aliphatic hydroxyl groups is 1. The van der Waals surface area contributed by atoms with Gasteiger partial charge in [0.1, 0.15) is 5.82 Å². The molecule has 4 N–H and O–H groups in total. The molecule has 1 heterocycles. The normalized spacial score (nSPS) is 17.9. The predicted octanol–water partition coefficient (Wildman–Crippen LogP) is 0.292. The third kappa shape index (κ3) is 2.52. The van der Waals surface area contributed by atoms with Gasteiger partial charge in [0.2, 0.25) is 0 Å². The number of anilines is 1. The SMILES string of the molecule is NC(=O)c1ccc(NC2(CO)CCCC2)nn1. The van der Waals surface area contributed by atoms with Crippen molar-refractivity contribution in [2.75, 3.05) is 11.9 Å². The number of aromatic nitrogens is 2. The molecule has 1 amide bonds. The Kier molecular flexibility index (Phi) is 3.23. The van der Waals surface area contributed by atoms with Crippen LogP contribution in [-0.4, -0.2) is 33.4 Å². The minimum Gasteiger partial charge on any atom is -0.394 e. The number of primary amides is 1. The van der Waals surface area contributed by atoms with E-state index in [1.165, 1.54) is 6.07 Å². The van der Waals surface area contributed by atoms with Crippen LogP contribution in [0.2, 0.25) is 0 Å². The molecule has 6 nitrogen and oxygen atoms in total. The minimum atomic E-state index is -0.596. The van der Waals surface area contributed by atoms with E-state index in [1.54, 1.807) is 6.07 Å². The van der Waals surface area contributed by atoms with Crippen molar-refractivity contribution in [3.05, 3.63) is 17.8 Å². The zero-order valence-electron chi connectivity index (χ0n) is 9.52. The van der Waals surface area contributed by atoms with Crippen molar-refractivity contribution in [2.45, 2.75) is 31.2 Å². The smallest absolute Gasteiger partial charge is 0.269 e. The van der Waals surface area contributed by atoms with Crippen molar-refractivity contribution < 1.29 is 9.90 Å². The molecule has 1 aromatic heterocycles. The molecular weight excluding hydrogens is 220 g/mol. The fraction of sp³-hybridized carbons (Fsp3) is 0.545. The summed E-state index contributed by atoms with van der Waals surface area (Å²) in [4.78, 5) is 10.8. The zero-order valence-corrected chi connectivity index (χ0v) is 9.52. The van der Waals surface area contributed by atoms with Gasteiger partial charge in [-0.25, -0.2) is 0 Å². The second kappa shape index (κ2) is 4.67. The van der Waals surface area contributed by atoms with Crippen molar-refractivity contribution >= 4 is 11.7 Å². The number of hydrogen-bond donors (Lipinski definition) is 3. The van der Waals surface area contributed by atoms with Crippen molar-refractivity contribution in [1.29, 1.82) is 0 Å². The van der Waals surface area contributed by atoms with E-state index in [0.717, 1.165) is 25.7 Å². The van der Waals surface area contributed by atoms with Gasteiger partial charge in [0, 0.05) is 0 Å². The number of aliphatic hydroxyl groups excluding tert-OH is 1. The molecule has 1 aromatic rings. The van der Waals surface area contributed by atoms with E-state index in [-0.39, 0.29) is 17.8 Å². The van der Waals surface area contributed by atoms with Gasteiger partial charge in [0.05, 0.1) is 12.1 Å². The molecule has 1 aliphatic carbocycles. The molecule has 0 atom stereocenters. The fourth-order valence-corrected chi connectivity index (χ4v) is 2.18. The lowest BCUT2D eigenvalue weighted by molar-refractivity contribution is 0.0994. The monoisotopic (exact) mass is 236 g/mol. The molecule has 92 valence electrons. The number of hydrogen-bond acceptors (Lipinski definition) is 5. The molecule has 6 heteroatoms. The highest BCUT2D eigenvalue weighted by molar-refractivity contribution is 5.90. The van der Waals surface area contributed by atoms with E-state index in [2.05, 4.69) is 15.5 Å². The maximum absolute atomic E-state index is 10.8. The highest BCUT2D eigenvalue weighted by Crippen LogP contribution is 2.31. The molecule has 0 saturated heterocycles. The number of carbonyl (C=O) groups excluding carboxylic acids is 1. The Morgan fingerprint density at radius 2 is 2.12 bits per heavy atom. The molecule has 0 bridgehead atoms. The van der Waals surface area contributed by atoms with Gasteiger partial charge in [-0.1, -0.05) is 12.8 Å². The number of rotatable bonds is 4. The lowest BCUT2D eigenvalue weighted by Gasteiger charge is -2.28. The largest absolute Gasteiger partial charge is 0.394 e. The molecule has 0 unspecified atom stereocenters. The van der Waals surface area contributed by atoms with Crippen LogP contribution in [0.1, 0.15) is 36.2 Å². The number of nitrogens with zero attached hydrogens (tertiary/aromatic N) is 2. The number of carbonyl (C=O) groups is 1. The first-order valence-electron chi connectivity index (χ1n) is 5.68. The highest BCUT2D eigenvalue weighted by atomic mass is 16.3. The van der Waals surface area contributed by atoms with Crippen LogP contribution in [0.3, 0.4) is 0 Å². The third-order valence-corrected chi connectivity index (χ3v) is 3.17. The minimum absolute atomic E-state index is 0.0756. The summed E-state index contributed by atoms with van der Waals surface area (Å²) in [5.41, 5.74) is 4.93. The van der Waals surface area contributed by atoms with Gasteiger partial charge < -0.3 is 16.2 Å². The maximum atomic E-state index is 10.8. The summed E-state index contributed by atoms with van der Waals surface area (Å²) < 4.78 is 0. The lowest BCUT2D eigenvalue weighted by Crippen LogP contribution is -2.39. The van der Waals surface area contributed by atoms with Crippen molar-refractivity contribution in [1.82, 2.24) is 10.2 Å². The molecular formula is C11H16N4O2. The van der Waals surface area contributed by atoms with Gasteiger partial charge >= 0.3 is 0 Å². The summed E-state index contributed by atoms with van der Waals surface area (Å²) in [7, 11) is 0. The summed E-state index contributed by atoms with van der Waals surface area (Å²) >= 11 is 0. The van der Waals surface area contributed by atoms with Gasteiger partial charge in [-0.15, -0.1) is 10.2 Å². The Labute approximate surface area is 99.2 Å². The number of amides is 1.